The van der Waals surface area contributed by atoms with Gasteiger partial charge in [-0.3, -0.25) is 4.79 Å². The molecular weight excluding hydrogens is 464 g/mol. The first-order valence-electron chi connectivity index (χ1n) is 13.5. The van der Waals surface area contributed by atoms with Crippen molar-refractivity contribution in [2.24, 2.45) is 5.41 Å². The lowest BCUT2D eigenvalue weighted by molar-refractivity contribution is -0.134. The number of imidazole rings is 1. The molecule has 3 aromatic rings. The van der Waals surface area contributed by atoms with Crippen molar-refractivity contribution in [1.29, 1.82) is 0 Å². The Morgan fingerprint density at radius 2 is 1.86 bits per heavy atom. The smallest absolute Gasteiger partial charge is 0.228 e. The highest BCUT2D eigenvalue weighted by atomic mass is 16.5. The fraction of sp³-hybridized carbons (Fsp3) is 0.517. The van der Waals surface area contributed by atoms with E-state index >= 15 is 0 Å². The second kappa shape index (κ2) is 9.56. The Morgan fingerprint density at radius 1 is 1.08 bits per heavy atom. The largest absolute Gasteiger partial charge is 0.378 e. The number of amides is 1. The molecule has 1 aromatic carbocycles. The van der Waals surface area contributed by atoms with Crippen LogP contribution in [0, 0.1) is 5.41 Å². The van der Waals surface area contributed by atoms with Gasteiger partial charge in [0.25, 0.3) is 0 Å². The van der Waals surface area contributed by atoms with Crippen molar-refractivity contribution in [1.82, 2.24) is 24.4 Å². The number of hydrogen-bond donors (Lipinski definition) is 0. The third-order valence-electron chi connectivity index (χ3n) is 7.67. The number of allylic oxidation sites excluding steroid dienone is 1. The van der Waals surface area contributed by atoms with Crippen molar-refractivity contribution in [3.8, 4) is 11.3 Å². The highest BCUT2D eigenvalue weighted by molar-refractivity contribution is 5.92. The molecule has 8 heteroatoms. The van der Waals surface area contributed by atoms with Crippen LogP contribution in [-0.4, -0.2) is 69.7 Å². The summed E-state index contributed by atoms with van der Waals surface area (Å²) < 4.78 is 7.82. The fourth-order valence-corrected chi connectivity index (χ4v) is 5.72. The third-order valence-corrected chi connectivity index (χ3v) is 7.67. The molecule has 2 fully saturated rings. The van der Waals surface area contributed by atoms with Gasteiger partial charge in [-0.2, -0.15) is 4.98 Å². The molecule has 1 amide bonds. The molecule has 8 nitrogen and oxygen atoms in total. The van der Waals surface area contributed by atoms with Crippen LogP contribution in [0.15, 0.2) is 30.6 Å². The summed E-state index contributed by atoms with van der Waals surface area (Å²) in [6, 6.07) is 6.71. The maximum Gasteiger partial charge on any atom is 0.228 e. The average molecular weight is 501 g/mol. The Labute approximate surface area is 218 Å². The molecule has 194 valence electrons. The second-order valence-corrected chi connectivity index (χ2v) is 11.6. The Bertz CT molecular complexity index is 1340. The van der Waals surface area contributed by atoms with E-state index in [1.54, 1.807) is 0 Å². The predicted molar refractivity (Wildman–Crippen MR) is 145 cm³/mol. The first kappa shape index (κ1) is 24.1. The molecule has 4 heterocycles. The normalized spacial score (nSPS) is 18.6. The van der Waals surface area contributed by atoms with Gasteiger partial charge in [0.2, 0.25) is 11.9 Å². The van der Waals surface area contributed by atoms with Crippen LogP contribution in [0.1, 0.15) is 57.2 Å². The van der Waals surface area contributed by atoms with Crippen LogP contribution in [-0.2, 0) is 16.0 Å². The number of hydrogen-bond acceptors (Lipinski definition) is 6. The van der Waals surface area contributed by atoms with Gasteiger partial charge < -0.3 is 19.1 Å². The van der Waals surface area contributed by atoms with E-state index in [9.17, 15) is 4.79 Å². The van der Waals surface area contributed by atoms with E-state index in [-0.39, 0.29) is 17.4 Å². The molecule has 1 aliphatic carbocycles. The molecule has 0 spiro atoms. The van der Waals surface area contributed by atoms with Crippen LogP contribution in [0.5, 0.6) is 0 Å². The van der Waals surface area contributed by atoms with Crippen LogP contribution in [0.25, 0.3) is 28.5 Å². The molecule has 0 N–H and O–H groups in total. The Balaban J connectivity index is 1.36. The summed E-state index contributed by atoms with van der Waals surface area (Å²) in [6.45, 7) is 10.8. The van der Waals surface area contributed by atoms with Gasteiger partial charge in [0.05, 0.1) is 19.5 Å². The number of carbonyl (C=O) groups is 1. The van der Waals surface area contributed by atoms with Gasteiger partial charge in [0.15, 0.2) is 5.65 Å². The van der Waals surface area contributed by atoms with Crippen LogP contribution < -0.4 is 4.90 Å². The van der Waals surface area contributed by atoms with Gasteiger partial charge in [-0.15, -0.1) is 0 Å². The van der Waals surface area contributed by atoms with Gasteiger partial charge in [-0.05, 0) is 35.8 Å². The van der Waals surface area contributed by atoms with E-state index in [1.165, 1.54) is 11.1 Å². The highest BCUT2D eigenvalue weighted by Gasteiger charge is 2.29. The number of nitrogens with zero attached hydrogens (tertiary/aromatic N) is 6. The van der Waals surface area contributed by atoms with Crippen molar-refractivity contribution >= 4 is 29.1 Å². The highest BCUT2D eigenvalue weighted by Crippen LogP contribution is 2.36. The van der Waals surface area contributed by atoms with E-state index in [4.69, 9.17) is 19.7 Å². The predicted octanol–water partition coefficient (Wildman–Crippen LogP) is 4.50. The van der Waals surface area contributed by atoms with Crippen LogP contribution >= 0.6 is 0 Å². The summed E-state index contributed by atoms with van der Waals surface area (Å²) in [5.41, 5.74) is 6.29. The van der Waals surface area contributed by atoms with E-state index in [2.05, 4.69) is 60.6 Å². The van der Waals surface area contributed by atoms with Crippen molar-refractivity contribution < 1.29 is 9.53 Å². The van der Waals surface area contributed by atoms with E-state index in [1.807, 2.05) is 11.2 Å². The van der Waals surface area contributed by atoms with Gasteiger partial charge in [0, 0.05) is 44.2 Å². The van der Waals surface area contributed by atoms with E-state index < -0.39 is 0 Å². The maximum atomic E-state index is 12.8. The zero-order chi connectivity index (χ0) is 25.6. The lowest BCUT2D eigenvalue weighted by Crippen LogP contribution is -2.40. The van der Waals surface area contributed by atoms with Crippen LogP contribution in [0.3, 0.4) is 0 Å². The lowest BCUT2D eigenvalue weighted by Gasteiger charge is -2.34. The van der Waals surface area contributed by atoms with Gasteiger partial charge in [-0.1, -0.05) is 51.1 Å². The summed E-state index contributed by atoms with van der Waals surface area (Å²) in [5, 5.41) is 0. The first-order chi connectivity index (χ1) is 17.9. The zero-order valence-electron chi connectivity index (χ0n) is 22.1. The number of morpholine rings is 1. The molecule has 0 bridgehead atoms. The Kier molecular flexibility index (Phi) is 6.23. The summed E-state index contributed by atoms with van der Waals surface area (Å²) >= 11 is 0. The molecule has 0 atom stereocenters. The minimum atomic E-state index is 0.00446. The zero-order valence-corrected chi connectivity index (χ0v) is 22.1. The quantitative estimate of drug-likeness (QED) is 0.525. The summed E-state index contributed by atoms with van der Waals surface area (Å²) in [4.78, 5) is 32.1. The minimum absolute atomic E-state index is 0.00446. The van der Waals surface area contributed by atoms with Crippen molar-refractivity contribution in [2.75, 3.05) is 44.3 Å². The number of anilines is 1. The SMILES string of the molecule is CC(C)(C)CC(=O)N1CCC(n2cnc3c(-c4cccc5c4C=CC5)nc(N4CCOCC4)nc32)CC1. The van der Waals surface area contributed by atoms with Gasteiger partial charge in [0.1, 0.15) is 11.2 Å². The summed E-state index contributed by atoms with van der Waals surface area (Å²) in [5.74, 6) is 0.997. The number of benzene rings is 1. The van der Waals surface area contributed by atoms with E-state index in [0.29, 0.717) is 19.6 Å². The number of aromatic nitrogens is 4. The molecule has 0 unspecified atom stereocenters. The topological polar surface area (TPSA) is 76.4 Å². The standard InChI is InChI=1S/C29H36N6O2/c1-29(2,3)18-24(36)33-12-10-21(11-13-33)35-19-30-26-25(23-9-5-7-20-6-4-8-22(20)23)31-28(32-27(26)35)34-14-16-37-17-15-34/h4-5,7-9,19,21H,6,10-18H2,1-3H3. The molecule has 2 aliphatic heterocycles. The molecule has 0 radical (unpaired) electrons. The molecular formula is C29H36N6O2. The fourth-order valence-electron chi connectivity index (χ4n) is 5.72. The number of carbonyl (C=O) groups excluding carboxylic acids is 1. The number of piperidine rings is 1. The molecule has 0 saturated carbocycles. The van der Waals surface area contributed by atoms with Crippen molar-refractivity contribution in [3.05, 3.63) is 41.7 Å². The molecule has 3 aliphatic rings. The maximum absolute atomic E-state index is 12.8. The summed E-state index contributed by atoms with van der Waals surface area (Å²) in [6.07, 6.45) is 9.68. The van der Waals surface area contributed by atoms with Crippen molar-refractivity contribution in [2.45, 2.75) is 52.5 Å². The summed E-state index contributed by atoms with van der Waals surface area (Å²) in [7, 11) is 0. The number of fused-ring (bicyclic) bond motifs is 2. The molecule has 2 saturated heterocycles. The average Bonchev–Trinajstić information content (AvgIpc) is 3.55. The Morgan fingerprint density at radius 3 is 2.62 bits per heavy atom. The third kappa shape index (κ3) is 4.75. The first-order valence-corrected chi connectivity index (χ1v) is 13.5. The molecule has 37 heavy (non-hydrogen) atoms. The van der Waals surface area contributed by atoms with Gasteiger partial charge in [-0.25, -0.2) is 9.97 Å². The van der Waals surface area contributed by atoms with Crippen LogP contribution in [0.2, 0.25) is 0 Å². The van der Waals surface area contributed by atoms with Crippen molar-refractivity contribution in [3.63, 3.8) is 0 Å². The van der Waals surface area contributed by atoms with E-state index in [0.717, 1.165) is 73.8 Å². The number of likely N-dealkylation sites (tertiary alicyclic amines) is 1. The monoisotopic (exact) mass is 500 g/mol. The Hall–Kier alpha value is -3.26. The second-order valence-electron chi connectivity index (χ2n) is 11.6. The molecule has 6 rings (SSSR count). The van der Waals surface area contributed by atoms with Crippen LogP contribution in [0.4, 0.5) is 5.95 Å². The molecule has 2 aromatic heterocycles. The number of rotatable bonds is 4. The number of ether oxygens (including phenoxy) is 1. The lowest BCUT2D eigenvalue weighted by atomic mass is 9.91. The minimum Gasteiger partial charge on any atom is -0.378 e. The van der Waals surface area contributed by atoms with Gasteiger partial charge >= 0.3 is 0 Å².